The number of aliphatic hydroxyl groups is 1. The van der Waals surface area contributed by atoms with E-state index in [4.69, 9.17) is 5.11 Å². The monoisotopic (exact) mass is 249 g/mol. The van der Waals surface area contributed by atoms with E-state index in [0.717, 1.165) is 25.1 Å². The van der Waals surface area contributed by atoms with Crippen LogP contribution < -0.4 is 5.32 Å². The largest absolute Gasteiger partial charge is 0.395 e. The van der Waals surface area contributed by atoms with Gasteiger partial charge in [0.15, 0.2) is 0 Å². The van der Waals surface area contributed by atoms with Gasteiger partial charge in [0.1, 0.15) is 5.69 Å². The number of pyridine rings is 1. The number of anilines is 1. The predicted octanol–water partition coefficient (Wildman–Crippen LogP) is 1.11. The molecule has 5 nitrogen and oxygen atoms in total. The zero-order valence-electron chi connectivity index (χ0n) is 10.6. The number of hydrogen-bond acceptors (Lipinski definition) is 4. The Labute approximate surface area is 107 Å². The lowest BCUT2D eigenvalue weighted by molar-refractivity contribution is 0.0702. The number of amides is 1. The molecule has 2 N–H and O–H groups in total. The Morgan fingerprint density at radius 1 is 1.56 bits per heavy atom. The van der Waals surface area contributed by atoms with Crippen LogP contribution in [-0.4, -0.2) is 46.6 Å². The minimum absolute atomic E-state index is 0.00227. The molecule has 1 aromatic heterocycles. The number of carbonyl (C=O) groups is 1. The molecule has 0 aliphatic heterocycles. The maximum Gasteiger partial charge on any atom is 0.272 e. The number of nitrogens with one attached hydrogen (secondary N) is 1. The van der Waals surface area contributed by atoms with Crippen molar-refractivity contribution in [1.82, 2.24) is 9.88 Å². The van der Waals surface area contributed by atoms with Crippen LogP contribution in [0.3, 0.4) is 0 Å². The van der Waals surface area contributed by atoms with Crippen molar-refractivity contribution in [2.24, 2.45) is 0 Å². The second kappa shape index (κ2) is 5.82. The van der Waals surface area contributed by atoms with Gasteiger partial charge < -0.3 is 15.3 Å². The average Bonchev–Trinajstić information content (AvgIpc) is 3.21. The second-order valence-corrected chi connectivity index (χ2v) is 4.42. The lowest BCUT2D eigenvalue weighted by Crippen LogP contribution is -2.35. The van der Waals surface area contributed by atoms with Gasteiger partial charge >= 0.3 is 0 Å². The van der Waals surface area contributed by atoms with Crippen LogP contribution in [0.1, 0.15) is 30.3 Å². The van der Waals surface area contributed by atoms with Crippen molar-refractivity contribution in [2.45, 2.75) is 25.8 Å². The zero-order valence-corrected chi connectivity index (χ0v) is 10.6. The van der Waals surface area contributed by atoms with Crippen LogP contribution in [0.25, 0.3) is 0 Å². The summed E-state index contributed by atoms with van der Waals surface area (Å²) < 4.78 is 0. The molecule has 1 fully saturated rings. The average molecular weight is 249 g/mol. The minimum Gasteiger partial charge on any atom is -0.395 e. The van der Waals surface area contributed by atoms with Crippen LogP contribution in [0.4, 0.5) is 5.69 Å². The fourth-order valence-corrected chi connectivity index (χ4v) is 1.92. The summed E-state index contributed by atoms with van der Waals surface area (Å²) in [6.45, 7) is 3.22. The molecule has 0 atom stereocenters. The molecular weight excluding hydrogens is 230 g/mol. The highest BCUT2D eigenvalue weighted by Crippen LogP contribution is 2.27. The first-order chi connectivity index (χ1) is 8.76. The van der Waals surface area contributed by atoms with Crippen LogP contribution in [-0.2, 0) is 0 Å². The number of hydrogen-bond donors (Lipinski definition) is 2. The standard InChI is InChI=1S/C13H19N3O2/c1-2-14-10-3-6-12(15-9-10)13(18)16(7-8-17)11-4-5-11/h3,6,9,11,14,17H,2,4-5,7-8H2,1H3. The van der Waals surface area contributed by atoms with Crippen molar-refractivity contribution in [1.29, 1.82) is 0 Å². The van der Waals surface area contributed by atoms with E-state index in [9.17, 15) is 4.79 Å². The highest BCUT2D eigenvalue weighted by atomic mass is 16.3. The minimum atomic E-state index is -0.0883. The fraction of sp³-hybridized carbons (Fsp3) is 0.538. The van der Waals surface area contributed by atoms with Crippen molar-refractivity contribution in [3.8, 4) is 0 Å². The molecule has 1 saturated carbocycles. The smallest absolute Gasteiger partial charge is 0.272 e. The highest BCUT2D eigenvalue weighted by molar-refractivity contribution is 5.93. The van der Waals surface area contributed by atoms with Crippen LogP contribution in [0.2, 0.25) is 0 Å². The Hall–Kier alpha value is -1.62. The third-order valence-corrected chi connectivity index (χ3v) is 2.95. The molecule has 1 amide bonds. The Morgan fingerprint density at radius 2 is 2.33 bits per heavy atom. The number of aliphatic hydroxyl groups excluding tert-OH is 1. The van der Waals surface area contributed by atoms with E-state index in [1.165, 1.54) is 0 Å². The molecule has 1 aliphatic rings. The molecular formula is C13H19N3O2. The molecule has 1 heterocycles. The van der Waals surface area contributed by atoms with E-state index in [-0.39, 0.29) is 12.5 Å². The number of aromatic nitrogens is 1. The van der Waals surface area contributed by atoms with Gasteiger partial charge in [0.05, 0.1) is 18.5 Å². The van der Waals surface area contributed by atoms with E-state index in [2.05, 4.69) is 10.3 Å². The first kappa shape index (κ1) is 12.8. The summed E-state index contributed by atoms with van der Waals surface area (Å²) in [5.41, 5.74) is 1.35. The molecule has 5 heteroatoms. The van der Waals surface area contributed by atoms with Gasteiger partial charge in [0, 0.05) is 19.1 Å². The fourth-order valence-electron chi connectivity index (χ4n) is 1.92. The van der Waals surface area contributed by atoms with Crippen LogP contribution >= 0.6 is 0 Å². The summed E-state index contributed by atoms with van der Waals surface area (Å²) in [5, 5.41) is 12.1. The Morgan fingerprint density at radius 3 is 2.83 bits per heavy atom. The first-order valence-corrected chi connectivity index (χ1v) is 6.38. The third-order valence-electron chi connectivity index (χ3n) is 2.95. The molecule has 1 aliphatic carbocycles. The SMILES string of the molecule is CCNc1ccc(C(=O)N(CCO)C2CC2)nc1. The molecule has 0 spiro atoms. The van der Waals surface area contributed by atoms with Gasteiger partial charge in [-0.25, -0.2) is 4.98 Å². The van der Waals surface area contributed by atoms with Crippen molar-refractivity contribution in [2.75, 3.05) is 25.0 Å². The molecule has 0 radical (unpaired) electrons. The molecule has 0 bridgehead atoms. The third kappa shape index (κ3) is 2.98. The quantitative estimate of drug-likeness (QED) is 0.792. The summed E-state index contributed by atoms with van der Waals surface area (Å²) >= 11 is 0. The van der Waals surface area contributed by atoms with E-state index in [0.29, 0.717) is 18.3 Å². The van der Waals surface area contributed by atoms with E-state index < -0.39 is 0 Å². The van der Waals surface area contributed by atoms with Gasteiger partial charge in [-0.15, -0.1) is 0 Å². The molecule has 0 aromatic carbocycles. The first-order valence-electron chi connectivity index (χ1n) is 6.38. The highest BCUT2D eigenvalue weighted by Gasteiger charge is 2.32. The van der Waals surface area contributed by atoms with Crippen molar-refractivity contribution >= 4 is 11.6 Å². The summed E-state index contributed by atoms with van der Waals surface area (Å²) in [6, 6.07) is 3.88. The van der Waals surface area contributed by atoms with Gasteiger partial charge in [-0.05, 0) is 31.9 Å². The van der Waals surface area contributed by atoms with Crippen LogP contribution in [0, 0.1) is 0 Å². The lowest BCUT2D eigenvalue weighted by Gasteiger charge is -2.20. The van der Waals surface area contributed by atoms with Crippen LogP contribution in [0.15, 0.2) is 18.3 Å². The summed E-state index contributed by atoms with van der Waals surface area (Å²) in [4.78, 5) is 18.1. The molecule has 98 valence electrons. The lowest BCUT2D eigenvalue weighted by atomic mass is 10.3. The van der Waals surface area contributed by atoms with Gasteiger partial charge in [0.2, 0.25) is 0 Å². The normalized spacial score (nSPS) is 14.3. The van der Waals surface area contributed by atoms with E-state index in [1.807, 2.05) is 13.0 Å². The summed E-state index contributed by atoms with van der Waals surface area (Å²) in [5.74, 6) is -0.0883. The molecule has 2 rings (SSSR count). The van der Waals surface area contributed by atoms with Crippen LogP contribution in [0.5, 0.6) is 0 Å². The van der Waals surface area contributed by atoms with Gasteiger partial charge in [-0.1, -0.05) is 0 Å². The number of nitrogens with zero attached hydrogens (tertiary/aromatic N) is 2. The van der Waals surface area contributed by atoms with E-state index in [1.54, 1.807) is 17.2 Å². The summed E-state index contributed by atoms with van der Waals surface area (Å²) in [6.07, 6.45) is 3.73. The Kier molecular flexibility index (Phi) is 4.15. The van der Waals surface area contributed by atoms with Crippen molar-refractivity contribution in [3.05, 3.63) is 24.0 Å². The second-order valence-electron chi connectivity index (χ2n) is 4.42. The maximum atomic E-state index is 12.2. The number of rotatable bonds is 6. The van der Waals surface area contributed by atoms with Gasteiger partial charge in [-0.3, -0.25) is 4.79 Å². The van der Waals surface area contributed by atoms with E-state index >= 15 is 0 Å². The number of carbonyl (C=O) groups excluding carboxylic acids is 1. The molecule has 0 saturated heterocycles. The zero-order chi connectivity index (χ0) is 13.0. The molecule has 18 heavy (non-hydrogen) atoms. The Balaban J connectivity index is 2.06. The van der Waals surface area contributed by atoms with Gasteiger partial charge in [0.25, 0.3) is 5.91 Å². The maximum absolute atomic E-state index is 12.2. The predicted molar refractivity (Wildman–Crippen MR) is 69.5 cm³/mol. The topological polar surface area (TPSA) is 65.5 Å². The van der Waals surface area contributed by atoms with Crippen molar-refractivity contribution in [3.63, 3.8) is 0 Å². The van der Waals surface area contributed by atoms with Crippen molar-refractivity contribution < 1.29 is 9.90 Å². The Bertz CT molecular complexity index is 401. The summed E-state index contributed by atoms with van der Waals surface area (Å²) in [7, 11) is 0. The molecule has 1 aromatic rings. The van der Waals surface area contributed by atoms with Gasteiger partial charge in [-0.2, -0.15) is 0 Å². The molecule has 0 unspecified atom stereocenters.